The maximum Gasteiger partial charge on any atom is 0.314 e. The Morgan fingerprint density at radius 3 is 1.57 bits per heavy atom. The van der Waals surface area contributed by atoms with E-state index in [1.165, 1.54) is 51.4 Å². The zero-order valence-electron chi connectivity index (χ0n) is 26.5. The van der Waals surface area contributed by atoms with Gasteiger partial charge in [0.25, 0.3) is 0 Å². The summed E-state index contributed by atoms with van der Waals surface area (Å²) < 4.78 is 11.5. The Kier molecular flexibility index (Phi) is 14.1. The number of benzene rings is 3. The van der Waals surface area contributed by atoms with Gasteiger partial charge in [-0.05, 0) is 111 Å². The van der Waals surface area contributed by atoms with Crippen molar-refractivity contribution in [2.45, 2.75) is 97.3 Å². The van der Waals surface area contributed by atoms with Gasteiger partial charge in [0.2, 0.25) is 0 Å². The minimum Gasteiger partial charge on any atom is -0.494 e. The first kappa shape index (κ1) is 33.0. The first-order valence-corrected chi connectivity index (χ1v) is 16.6. The van der Waals surface area contributed by atoms with Crippen LogP contribution >= 0.6 is 0 Å². The fourth-order valence-corrected chi connectivity index (χ4v) is 5.47. The largest absolute Gasteiger partial charge is 0.494 e. The Bertz CT molecular complexity index is 1300. The molecule has 0 heterocycles. The summed E-state index contributed by atoms with van der Waals surface area (Å²) in [5.41, 5.74) is 2.89. The Labute approximate surface area is 263 Å². The van der Waals surface area contributed by atoms with Crippen LogP contribution in [0.1, 0.15) is 97.3 Å². The molecule has 0 saturated heterocycles. The molecule has 7 nitrogen and oxygen atoms in total. The summed E-state index contributed by atoms with van der Waals surface area (Å²) in [5.74, 6) is 2.07. The van der Waals surface area contributed by atoms with Gasteiger partial charge in [-0.1, -0.05) is 65.2 Å². The van der Waals surface area contributed by atoms with Gasteiger partial charge in [0.1, 0.15) is 11.5 Å². The number of unbranched alkanes of at least 4 members (excludes halogenated alkanes) is 6. The zero-order valence-corrected chi connectivity index (χ0v) is 26.5. The molecule has 234 valence electrons. The van der Waals surface area contributed by atoms with Crippen molar-refractivity contribution in [1.82, 2.24) is 0 Å². The smallest absolute Gasteiger partial charge is 0.314 e. The van der Waals surface area contributed by atoms with E-state index in [1.807, 2.05) is 60.7 Å². The van der Waals surface area contributed by atoms with Gasteiger partial charge in [0.05, 0.1) is 35.3 Å². The van der Waals surface area contributed by atoms with Crippen LogP contribution in [0.4, 0.5) is 22.7 Å². The van der Waals surface area contributed by atoms with Gasteiger partial charge in [-0.2, -0.15) is 20.5 Å². The molecule has 0 radical (unpaired) electrons. The van der Waals surface area contributed by atoms with Gasteiger partial charge >= 0.3 is 5.97 Å². The topological polar surface area (TPSA) is 85.0 Å². The minimum absolute atomic E-state index is 0.00848. The number of carbonyl (C=O) groups excluding carboxylic acids is 1. The standard InChI is InChI=1S/C37H48N4O3/c1-3-5-7-8-10-28-43-35-24-20-33(21-25-35)40-38-31-16-18-32(19-17-31)39-41-34-22-26-36(27-23-34)44-37(42)30-14-12-29(13-15-30)11-9-6-4-2/h16-27,29-30H,3-15,28H2,1-2H3. The third-order valence-electron chi connectivity index (χ3n) is 8.22. The van der Waals surface area contributed by atoms with Crippen LogP contribution in [0.2, 0.25) is 0 Å². The predicted molar refractivity (Wildman–Crippen MR) is 177 cm³/mol. The molecule has 1 saturated carbocycles. The van der Waals surface area contributed by atoms with Crippen LogP contribution < -0.4 is 9.47 Å². The van der Waals surface area contributed by atoms with Crippen molar-refractivity contribution >= 4 is 28.7 Å². The number of esters is 1. The fraction of sp³-hybridized carbons (Fsp3) is 0.486. The van der Waals surface area contributed by atoms with Gasteiger partial charge in [-0.15, -0.1) is 0 Å². The van der Waals surface area contributed by atoms with Crippen LogP contribution in [0.25, 0.3) is 0 Å². The van der Waals surface area contributed by atoms with Crippen LogP contribution in [-0.2, 0) is 4.79 Å². The molecule has 1 aliphatic carbocycles. The number of nitrogens with zero attached hydrogens (tertiary/aromatic N) is 4. The summed E-state index contributed by atoms with van der Waals surface area (Å²) in [5, 5.41) is 17.3. The SMILES string of the molecule is CCCCCCCOc1ccc(N=Nc2ccc(N=Nc3ccc(OC(=O)C4CCC(CCCCC)CC4)cc3)cc2)cc1. The Hall–Kier alpha value is -3.87. The maximum atomic E-state index is 12.7. The second-order valence-electron chi connectivity index (χ2n) is 11.8. The molecule has 44 heavy (non-hydrogen) atoms. The molecule has 0 N–H and O–H groups in total. The molecule has 7 heteroatoms. The number of hydrogen-bond acceptors (Lipinski definition) is 7. The van der Waals surface area contributed by atoms with Crippen molar-refractivity contribution in [2.75, 3.05) is 6.61 Å². The van der Waals surface area contributed by atoms with Crippen molar-refractivity contribution in [3.8, 4) is 11.5 Å². The summed E-state index contributed by atoms with van der Waals surface area (Å²) in [4.78, 5) is 12.7. The van der Waals surface area contributed by atoms with E-state index in [0.717, 1.165) is 61.8 Å². The molecule has 3 aromatic carbocycles. The van der Waals surface area contributed by atoms with Crippen molar-refractivity contribution in [3.63, 3.8) is 0 Å². The lowest BCUT2D eigenvalue weighted by Gasteiger charge is -2.27. The maximum absolute atomic E-state index is 12.7. The highest BCUT2D eigenvalue weighted by Crippen LogP contribution is 2.33. The molecule has 4 rings (SSSR count). The monoisotopic (exact) mass is 596 g/mol. The molecule has 0 aliphatic heterocycles. The molecular formula is C37H48N4O3. The molecule has 3 aromatic rings. The molecule has 0 unspecified atom stereocenters. The second-order valence-corrected chi connectivity index (χ2v) is 11.8. The van der Waals surface area contributed by atoms with E-state index in [0.29, 0.717) is 17.1 Å². The Balaban J connectivity index is 1.18. The molecule has 0 spiro atoms. The molecule has 0 amide bonds. The molecular weight excluding hydrogens is 548 g/mol. The van der Waals surface area contributed by atoms with Crippen LogP contribution in [0.3, 0.4) is 0 Å². The highest BCUT2D eigenvalue weighted by Gasteiger charge is 2.27. The van der Waals surface area contributed by atoms with Crippen molar-refractivity contribution in [3.05, 3.63) is 72.8 Å². The lowest BCUT2D eigenvalue weighted by atomic mass is 9.80. The lowest BCUT2D eigenvalue weighted by molar-refractivity contribution is -0.140. The third kappa shape index (κ3) is 11.7. The fourth-order valence-electron chi connectivity index (χ4n) is 5.47. The van der Waals surface area contributed by atoms with E-state index in [4.69, 9.17) is 9.47 Å². The van der Waals surface area contributed by atoms with E-state index in [9.17, 15) is 4.79 Å². The number of carbonyl (C=O) groups is 1. The van der Waals surface area contributed by atoms with Crippen molar-refractivity contribution in [1.29, 1.82) is 0 Å². The van der Waals surface area contributed by atoms with Gasteiger partial charge < -0.3 is 9.47 Å². The quantitative estimate of drug-likeness (QED) is 0.0672. The van der Waals surface area contributed by atoms with Gasteiger partial charge in [0, 0.05) is 0 Å². The number of azo groups is 2. The lowest BCUT2D eigenvalue weighted by Crippen LogP contribution is -2.25. The van der Waals surface area contributed by atoms with Crippen LogP contribution in [0, 0.1) is 11.8 Å². The first-order chi connectivity index (χ1) is 21.6. The van der Waals surface area contributed by atoms with Crippen LogP contribution in [0.15, 0.2) is 93.3 Å². The van der Waals surface area contributed by atoms with Gasteiger partial charge in [0.15, 0.2) is 0 Å². The average Bonchev–Trinajstić information content (AvgIpc) is 3.06. The summed E-state index contributed by atoms with van der Waals surface area (Å²) in [7, 11) is 0. The van der Waals surface area contributed by atoms with Crippen LogP contribution in [-0.4, -0.2) is 12.6 Å². The summed E-state index contributed by atoms with van der Waals surface area (Å²) in [6.07, 6.45) is 15.4. The van der Waals surface area contributed by atoms with Crippen molar-refractivity contribution < 1.29 is 14.3 Å². The molecule has 1 aliphatic rings. The van der Waals surface area contributed by atoms with E-state index >= 15 is 0 Å². The highest BCUT2D eigenvalue weighted by molar-refractivity contribution is 5.75. The predicted octanol–water partition coefficient (Wildman–Crippen LogP) is 12.2. The number of rotatable bonds is 17. The zero-order chi connectivity index (χ0) is 30.8. The minimum atomic E-state index is -0.113. The second kappa shape index (κ2) is 18.7. The van der Waals surface area contributed by atoms with E-state index in [2.05, 4.69) is 34.3 Å². The van der Waals surface area contributed by atoms with E-state index in [1.54, 1.807) is 12.1 Å². The van der Waals surface area contributed by atoms with Gasteiger partial charge in [-0.3, -0.25) is 4.79 Å². The first-order valence-electron chi connectivity index (χ1n) is 16.6. The van der Waals surface area contributed by atoms with Crippen LogP contribution in [0.5, 0.6) is 11.5 Å². The van der Waals surface area contributed by atoms with E-state index in [-0.39, 0.29) is 11.9 Å². The Morgan fingerprint density at radius 1 is 0.591 bits per heavy atom. The van der Waals surface area contributed by atoms with Crippen molar-refractivity contribution in [2.24, 2.45) is 32.3 Å². The normalized spacial score (nSPS) is 16.9. The summed E-state index contributed by atoms with van der Waals surface area (Å²) >= 11 is 0. The summed E-state index contributed by atoms with van der Waals surface area (Å²) in [6, 6.07) is 22.3. The molecule has 0 atom stereocenters. The van der Waals surface area contributed by atoms with Gasteiger partial charge in [-0.25, -0.2) is 0 Å². The molecule has 0 bridgehead atoms. The summed E-state index contributed by atoms with van der Waals surface area (Å²) in [6.45, 7) is 5.21. The molecule has 1 fully saturated rings. The third-order valence-corrected chi connectivity index (χ3v) is 8.22. The highest BCUT2D eigenvalue weighted by atomic mass is 16.5. The Morgan fingerprint density at radius 2 is 1.05 bits per heavy atom. The van der Waals surface area contributed by atoms with E-state index < -0.39 is 0 Å². The molecule has 0 aromatic heterocycles. The average molecular weight is 597 g/mol. The number of ether oxygens (including phenoxy) is 2. The number of hydrogen-bond donors (Lipinski definition) is 0.